The van der Waals surface area contributed by atoms with Crippen LogP contribution in [0.5, 0.6) is 0 Å². The minimum absolute atomic E-state index is 0. The zero-order valence-corrected chi connectivity index (χ0v) is 30.9. The van der Waals surface area contributed by atoms with Crippen LogP contribution in [0.1, 0.15) is 166 Å². The second-order valence-electron chi connectivity index (χ2n) is 12.1. The summed E-state index contributed by atoms with van der Waals surface area (Å²) in [5.41, 5.74) is 2.03. The van der Waals surface area contributed by atoms with E-state index >= 15 is 0 Å². The molecule has 0 unspecified atom stereocenters. The van der Waals surface area contributed by atoms with Crippen molar-refractivity contribution in [2.45, 2.75) is 173 Å². The summed E-state index contributed by atoms with van der Waals surface area (Å²) in [6.45, 7) is 4.53. The molecule has 3 nitrogen and oxygen atoms in total. The summed E-state index contributed by atoms with van der Waals surface area (Å²) < 4.78 is 36.1. The molecule has 0 atom stereocenters. The quantitative estimate of drug-likeness (QED) is 0.0644. The van der Waals surface area contributed by atoms with Crippen LogP contribution in [0, 0.1) is 0 Å². The van der Waals surface area contributed by atoms with Gasteiger partial charge in [-0.25, -0.2) is 8.42 Å². The van der Waals surface area contributed by atoms with Gasteiger partial charge in [0.05, 0.1) is 4.90 Å². The molecule has 0 N–H and O–H groups in total. The van der Waals surface area contributed by atoms with E-state index in [1.54, 1.807) is 6.07 Å². The molecule has 0 spiro atoms. The Kier molecular flexibility index (Phi) is 23.5. The molecule has 2 aromatic rings. The number of hydrogen-bond donors (Lipinski definition) is 0. The SMILES string of the molecule is CCCCCCCCCCCCCc1ccc2c(CCCCCCCCCCCCC)c(S(=O)(=O)[O-])ccc2c1.[K+]. The van der Waals surface area contributed by atoms with Crippen molar-refractivity contribution < 1.29 is 64.4 Å². The van der Waals surface area contributed by atoms with Crippen molar-refractivity contribution in [2.75, 3.05) is 0 Å². The molecule has 0 amide bonds. The van der Waals surface area contributed by atoms with E-state index in [4.69, 9.17) is 0 Å². The second-order valence-corrected chi connectivity index (χ2v) is 13.5. The van der Waals surface area contributed by atoms with Crippen molar-refractivity contribution in [3.8, 4) is 0 Å². The number of fused-ring (bicyclic) bond motifs is 1. The van der Waals surface area contributed by atoms with Crippen molar-refractivity contribution in [3.63, 3.8) is 0 Å². The van der Waals surface area contributed by atoms with Crippen molar-refractivity contribution in [3.05, 3.63) is 41.5 Å². The Balaban J connectivity index is 0.00000840. The van der Waals surface area contributed by atoms with Gasteiger partial charge in [-0.3, -0.25) is 0 Å². The van der Waals surface area contributed by atoms with Crippen LogP contribution >= 0.6 is 0 Å². The van der Waals surface area contributed by atoms with Crippen LogP contribution in [0.2, 0.25) is 0 Å². The topological polar surface area (TPSA) is 57.2 Å². The fourth-order valence-electron chi connectivity index (χ4n) is 6.03. The van der Waals surface area contributed by atoms with Crippen LogP contribution in [0.3, 0.4) is 0 Å². The summed E-state index contributed by atoms with van der Waals surface area (Å²) in [6, 6.07) is 9.78. The Hall–Kier alpha value is 0.246. The Morgan fingerprint density at radius 2 is 0.951 bits per heavy atom. The molecule has 0 bridgehead atoms. The molecule has 5 heteroatoms. The average molecular weight is 611 g/mol. The molecule has 0 radical (unpaired) electrons. The maximum atomic E-state index is 12.0. The third kappa shape index (κ3) is 17.4. The maximum absolute atomic E-state index is 12.0. The summed E-state index contributed by atoms with van der Waals surface area (Å²) in [5.74, 6) is 0. The van der Waals surface area contributed by atoms with Crippen LogP contribution in [0.15, 0.2) is 35.2 Å². The monoisotopic (exact) mass is 610 g/mol. The average Bonchev–Trinajstić information content (AvgIpc) is 2.93. The predicted octanol–water partition coefficient (Wildman–Crippen LogP) is 8.45. The summed E-state index contributed by atoms with van der Waals surface area (Å²) in [5, 5.41) is 2.00. The fraction of sp³-hybridized carbons (Fsp3) is 0.722. The van der Waals surface area contributed by atoms with E-state index in [0.717, 1.165) is 35.6 Å². The Morgan fingerprint density at radius 1 is 0.537 bits per heavy atom. The molecule has 0 saturated carbocycles. The van der Waals surface area contributed by atoms with Gasteiger partial charge in [-0.05, 0) is 53.6 Å². The van der Waals surface area contributed by atoms with Gasteiger partial charge in [-0.2, -0.15) is 0 Å². The normalized spacial score (nSPS) is 11.7. The van der Waals surface area contributed by atoms with Crippen molar-refractivity contribution in [2.24, 2.45) is 0 Å². The summed E-state index contributed by atoms with van der Waals surface area (Å²) in [7, 11) is -4.48. The van der Waals surface area contributed by atoms with E-state index in [2.05, 4.69) is 32.0 Å². The van der Waals surface area contributed by atoms with E-state index in [-0.39, 0.29) is 56.3 Å². The molecule has 0 aliphatic heterocycles. The standard InChI is InChI=1S/C36H60O3S.K/c1-3-5-7-9-11-13-15-17-19-21-23-25-32-27-29-34-33(31-32)28-30-36(40(37,38)39)35(34)26-24-22-20-18-16-14-12-10-8-6-4-2;/h27-31H,3-26H2,1-2H3,(H,37,38,39);/q;+1/p-1. The van der Waals surface area contributed by atoms with Gasteiger partial charge in [-0.15, -0.1) is 0 Å². The molecule has 0 fully saturated rings. The van der Waals surface area contributed by atoms with E-state index in [0.29, 0.717) is 6.42 Å². The molecule has 0 heterocycles. The first kappa shape index (κ1) is 39.3. The zero-order chi connectivity index (χ0) is 28.9. The summed E-state index contributed by atoms with van der Waals surface area (Å²) in [4.78, 5) is -0.0230. The molecule has 0 aliphatic rings. The molecular weight excluding hydrogens is 552 g/mol. The van der Waals surface area contributed by atoms with Crippen molar-refractivity contribution in [1.82, 2.24) is 0 Å². The predicted molar refractivity (Wildman–Crippen MR) is 172 cm³/mol. The van der Waals surface area contributed by atoms with E-state index in [1.807, 2.05) is 6.07 Å². The zero-order valence-electron chi connectivity index (χ0n) is 27.0. The Labute approximate surface area is 296 Å². The van der Waals surface area contributed by atoms with Gasteiger partial charge in [0.15, 0.2) is 0 Å². The van der Waals surface area contributed by atoms with Crippen LogP contribution in [-0.4, -0.2) is 13.0 Å². The minimum Gasteiger partial charge on any atom is -0.744 e. The minimum atomic E-state index is -4.48. The van der Waals surface area contributed by atoms with Gasteiger partial charge in [0.1, 0.15) is 10.1 Å². The molecule has 2 aromatic carbocycles. The first-order valence-corrected chi connectivity index (χ1v) is 18.4. The van der Waals surface area contributed by atoms with Crippen molar-refractivity contribution >= 4 is 20.9 Å². The van der Waals surface area contributed by atoms with E-state index in [1.165, 1.54) is 134 Å². The van der Waals surface area contributed by atoms with Gasteiger partial charge in [-0.1, -0.05) is 167 Å². The molecule has 2 rings (SSSR count). The number of benzene rings is 2. The molecule has 0 saturated heterocycles. The first-order valence-electron chi connectivity index (χ1n) is 17.0. The second kappa shape index (κ2) is 24.6. The summed E-state index contributed by atoms with van der Waals surface area (Å²) in [6.07, 6.45) is 30.3. The van der Waals surface area contributed by atoms with Crippen LogP contribution in [0.25, 0.3) is 10.8 Å². The Morgan fingerprint density at radius 3 is 1.39 bits per heavy atom. The number of aryl methyl sites for hydroxylation is 2. The van der Waals surface area contributed by atoms with Gasteiger partial charge >= 0.3 is 51.4 Å². The van der Waals surface area contributed by atoms with Gasteiger partial charge in [0.2, 0.25) is 0 Å². The molecule has 41 heavy (non-hydrogen) atoms. The van der Waals surface area contributed by atoms with E-state index in [9.17, 15) is 13.0 Å². The largest absolute Gasteiger partial charge is 1.00 e. The van der Waals surface area contributed by atoms with Gasteiger partial charge < -0.3 is 4.55 Å². The van der Waals surface area contributed by atoms with Crippen LogP contribution in [-0.2, 0) is 23.0 Å². The van der Waals surface area contributed by atoms with Gasteiger partial charge in [0.25, 0.3) is 0 Å². The molecular formula is C36H59KO3S. The Bertz CT molecular complexity index is 1030. The fourth-order valence-corrected chi connectivity index (χ4v) is 6.78. The van der Waals surface area contributed by atoms with Crippen LogP contribution in [0.4, 0.5) is 0 Å². The number of unbranched alkanes of at least 4 members (excludes halogenated alkanes) is 20. The van der Waals surface area contributed by atoms with Gasteiger partial charge in [0, 0.05) is 0 Å². The maximum Gasteiger partial charge on any atom is 1.00 e. The molecule has 0 aliphatic carbocycles. The molecule has 228 valence electrons. The third-order valence-electron chi connectivity index (χ3n) is 8.52. The number of hydrogen-bond acceptors (Lipinski definition) is 3. The van der Waals surface area contributed by atoms with Crippen molar-refractivity contribution in [1.29, 1.82) is 0 Å². The summed E-state index contributed by atoms with van der Waals surface area (Å²) >= 11 is 0. The van der Waals surface area contributed by atoms with E-state index < -0.39 is 10.1 Å². The first-order chi connectivity index (χ1) is 19.5. The third-order valence-corrected chi connectivity index (χ3v) is 9.44. The van der Waals surface area contributed by atoms with Crippen LogP contribution < -0.4 is 51.4 Å². The number of rotatable bonds is 25. The smallest absolute Gasteiger partial charge is 0.744 e. The molecule has 0 aromatic heterocycles.